The number of nitrogens with zero attached hydrogens (tertiary/aromatic N) is 1. The van der Waals surface area contributed by atoms with Crippen LogP contribution >= 0.6 is 0 Å². The molecule has 0 aliphatic rings. The largest absolute Gasteiger partial charge is 0.496 e. The third-order valence-electron chi connectivity index (χ3n) is 2.52. The Balaban J connectivity index is 2.33. The van der Waals surface area contributed by atoms with E-state index in [0.717, 1.165) is 12.2 Å². The standard InChI is InChI=1S/C13H15FN2O2/c1-3-15-7-9-8-18-13(16-9)12-10(14)5-4-6-11(12)17-2/h4-6,8,15H,3,7H2,1-2H3. The summed E-state index contributed by atoms with van der Waals surface area (Å²) < 4.78 is 24.2. The van der Waals surface area contributed by atoms with Gasteiger partial charge in [0, 0.05) is 6.54 Å². The van der Waals surface area contributed by atoms with Crippen LogP contribution in [-0.4, -0.2) is 18.6 Å². The Morgan fingerprint density at radius 3 is 3.00 bits per heavy atom. The molecule has 2 rings (SSSR count). The Bertz CT molecular complexity index is 525. The summed E-state index contributed by atoms with van der Waals surface area (Å²) in [5.74, 6) is 0.232. The zero-order valence-corrected chi connectivity index (χ0v) is 10.4. The molecule has 1 heterocycles. The minimum absolute atomic E-state index is 0.234. The minimum Gasteiger partial charge on any atom is -0.496 e. The first-order valence-corrected chi connectivity index (χ1v) is 5.74. The topological polar surface area (TPSA) is 47.3 Å². The number of halogens is 1. The normalized spacial score (nSPS) is 10.6. The fourth-order valence-electron chi connectivity index (χ4n) is 1.64. The van der Waals surface area contributed by atoms with Gasteiger partial charge in [-0.15, -0.1) is 0 Å². The Labute approximate surface area is 105 Å². The molecule has 0 saturated heterocycles. The number of oxazole rings is 1. The molecule has 96 valence electrons. The summed E-state index contributed by atoms with van der Waals surface area (Å²) in [6.07, 6.45) is 1.52. The minimum atomic E-state index is -0.411. The second kappa shape index (κ2) is 5.64. The lowest BCUT2D eigenvalue weighted by Gasteiger charge is -2.05. The van der Waals surface area contributed by atoms with Gasteiger partial charge in [-0.3, -0.25) is 0 Å². The number of nitrogens with one attached hydrogen (secondary N) is 1. The molecule has 5 heteroatoms. The second-order valence-electron chi connectivity index (χ2n) is 3.74. The average molecular weight is 250 g/mol. The van der Waals surface area contributed by atoms with Gasteiger partial charge in [0.2, 0.25) is 5.89 Å². The van der Waals surface area contributed by atoms with Crippen molar-refractivity contribution >= 4 is 0 Å². The van der Waals surface area contributed by atoms with Crippen molar-refractivity contribution in [2.24, 2.45) is 0 Å². The maximum Gasteiger partial charge on any atom is 0.232 e. The van der Waals surface area contributed by atoms with Gasteiger partial charge in [0.15, 0.2) is 0 Å². The molecule has 1 aromatic heterocycles. The maximum absolute atomic E-state index is 13.8. The van der Waals surface area contributed by atoms with Gasteiger partial charge in [0.05, 0.1) is 12.8 Å². The van der Waals surface area contributed by atoms with E-state index in [2.05, 4.69) is 10.3 Å². The summed E-state index contributed by atoms with van der Waals surface area (Å²) in [5, 5.41) is 3.13. The van der Waals surface area contributed by atoms with Crippen LogP contribution in [0, 0.1) is 5.82 Å². The predicted molar refractivity (Wildman–Crippen MR) is 65.8 cm³/mol. The Hall–Kier alpha value is -1.88. The molecule has 0 atom stereocenters. The number of aromatic nitrogens is 1. The first-order chi connectivity index (χ1) is 8.76. The van der Waals surface area contributed by atoms with Gasteiger partial charge in [-0.05, 0) is 18.7 Å². The van der Waals surface area contributed by atoms with Crippen molar-refractivity contribution < 1.29 is 13.5 Å². The van der Waals surface area contributed by atoms with Crippen LogP contribution in [0.3, 0.4) is 0 Å². The van der Waals surface area contributed by atoms with E-state index in [9.17, 15) is 4.39 Å². The number of ether oxygens (including phenoxy) is 1. The molecule has 0 radical (unpaired) electrons. The van der Waals surface area contributed by atoms with Crippen LogP contribution in [0.4, 0.5) is 4.39 Å². The first kappa shape index (κ1) is 12.6. The lowest BCUT2D eigenvalue weighted by molar-refractivity contribution is 0.410. The summed E-state index contributed by atoms with van der Waals surface area (Å²) in [7, 11) is 1.49. The maximum atomic E-state index is 13.8. The molecule has 0 aliphatic heterocycles. The van der Waals surface area contributed by atoms with Crippen molar-refractivity contribution in [3.05, 3.63) is 36.0 Å². The summed E-state index contributed by atoms with van der Waals surface area (Å²) in [6, 6.07) is 4.61. The van der Waals surface area contributed by atoms with Crippen LogP contribution in [0.1, 0.15) is 12.6 Å². The van der Waals surface area contributed by atoms with E-state index in [1.807, 2.05) is 6.92 Å². The quantitative estimate of drug-likeness (QED) is 0.886. The lowest BCUT2D eigenvalue weighted by Crippen LogP contribution is -2.11. The van der Waals surface area contributed by atoms with Crippen LogP contribution in [0.25, 0.3) is 11.5 Å². The molecular formula is C13H15FN2O2. The first-order valence-electron chi connectivity index (χ1n) is 5.74. The molecule has 18 heavy (non-hydrogen) atoms. The lowest BCUT2D eigenvalue weighted by atomic mass is 10.2. The van der Waals surface area contributed by atoms with E-state index in [-0.39, 0.29) is 11.5 Å². The molecule has 0 bridgehead atoms. The molecular weight excluding hydrogens is 235 g/mol. The summed E-state index contributed by atoms with van der Waals surface area (Å²) in [5.41, 5.74) is 0.986. The van der Waals surface area contributed by atoms with E-state index in [4.69, 9.17) is 9.15 Å². The van der Waals surface area contributed by atoms with Gasteiger partial charge < -0.3 is 14.5 Å². The summed E-state index contributed by atoms with van der Waals surface area (Å²) >= 11 is 0. The van der Waals surface area contributed by atoms with Crippen LogP contribution in [0.2, 0.25) is 0 Å². The van der Waals surface area contributed by atoms with Crippen molar-refractivity contribution in [3.8, 4) is 17.2 Å². The Morgan fingerprint density at radius 1 is 1.44 bits per heavy atom. The van der Waals surface area contributed by atoms with Crippen molar-refractivity contribution in [2.45, 2.75) is 13.5 Å². The van der Waals surface area contributed by atoms with Crippen LogP contribution < -0.4 is 10.1 Å². The third kappa shape index (κ3) is 2.51. The van der Waals surface area contributed by atoms with Gasteiger partial charge in [0.25, 0.3) is 0 Å². The molecule has 0 saturated carbocycles. The third-order valence-corrected chi connectivity index (χ3v) is 2.52. The van der Waals surface area contributed by atoms with Crippen LogP contribution in [-0.2, 0) is 6.54 Å². The van der Waals surface area contributed by atoms with E-state index in [1.54, 1.807) is 12.1 Å². The zero-order chi connectivity index (χ0) is 13.0. The Kier molecular flexibility index (Phi) is 3.94. The van der Waals surface area contributed by atoms with Gasteiger partial charge in [0.1, 0.15) is 23.4 Å². The monoisotopic (exact) mass is 250 g/mol. The molecule has 0 spiro atoms. The zero-order valence-electron chi connectivity index (χ0n) is 10.4. The molecule has 2 aromatic rings. The fraction of sp³-hybridized carbons (Fsp3) is 0.308. The van der Waals surface area contributed by atoms with Gasteiger partial charge in [-0.1, -0.05) is 13.0 Å². The summed E-state index contributed by atoms with van der Waals surface area (Å²) in [4.78, 5) is 4.24. The summed E-state index contributed by atoms with van der Waals surface area (Å²) in [6.45, 7) is 3.43. The number of methoxy groups -OCH3 is 1. The van der Waals surface area contributed by atoms with Crippen molar-refractivity contribution in [3.63, 3.8) is 0 Å². The van der Waals surface area contributed by atoms with Crippen molar-refractivity contribution in [1.82, 2.24) is 10.3 Å². The van der Waals surface area contributed by atoms with Gasteiger partial charge in [-0.25, -0.2) is 9.37 Å². The number of rotatable bonds is 5. The number of benzene rings is 1. The van der Waals surface area contributed by atoms with E-state index in [0.29, 0.717) is 12.3 Å². The molecule has 0 aliphatic carbocycles. The van der Waals surface area contributed by atoms with Gasteiger partial charge >= 0.3 is 0 Å². The Morgan fingerprint density at radius 2 is 2.28 bits per heavy atom. The molecule has 0 unspecified atom stereocenters. The van der Waals surface area contributed by atoms with Crippen LogP contribution in [0.5, 0.6) is 5.75 Å². The fourth-order valence-corrected chi connectivity index (χ4v) is 1.64. The molecule has 0 fully saturated rings. The SMILES string of the molecule is CCNCc1coc(-c2c(F)cccc2OC)n1. The predicted octanol–water partition coefficient (Wildman–Crippen LogP) is 2.60. The van der Waals surface area contributed by atoms with E-state index >= 15 is 0 Å². The van der Waals surface area contributed by atoms with E-state index in [1.165, 1.54) is 19.4 Å². The second-order valence-corrected chi connectivity index (χ2v) is 3.74. The van der Waals surface area contributed by atoms with Crippen LogP contribution in [0.15, 0.2) is 28.9 Å². The highest BCUT2D eigenvalue weighted by molar-refractivity contribution is 5.63. The molecule has 0 amide bonds. The highest BCUT2D eigenvalue weighted by Gasteiger charge is 2.16. The van der Waals surface area contributed by atoms with Crippen molar-refractivity contribution in [1.29, 1.82) is 0 Å². The van der Waals surface area contributed by atoms with E-state index < -0.39 is 5.82 Å². The molecule has 4 nitrogen and oxygen atoms in total. The molecule has 1 aromatic carbocycles. The number of hydrogen-bond acceptors (Lipinski definition) is 4. The highest BCUT2D eigenvalue weighted by atomic mass is 19.1. The smallest absolute Gasteiger partial charge is 0.232 e. The van der Waals surface area contributed by atoms with Crippen molar-refractivity contribution in [2.75, 3.05) is 13.7 Å². The average Bonchev–Trinajstić information content (AvgIpc) is 2.84. The molecule has 1 N–H and O–H groups in total. The number of hydrogen-bond donors (Lipinski definition) is 1. The highest BCUT2D eigenvalue weighted by Crippen LogP contribution is 2.31. The van der Waals surface area contributed by atoms with Gasteiger partial charge in [-0.2, -0.15) is 0 Å².